The highest BCUT2D eigenvalue weighted by Gasteiger charge is 2.23. The number of thiophene rings is 1. The van der Waals surface area contributed by atoms with Crippen LogP contribution in [0.2, 0.25) is 0 Å². The first kappa shape index (κ1) is 16.4. The third-order valence-electron chi connectivity index (χ3n) is 4.47. The highest BCUT2D eigenvalue weighted by atomic mass is 32.1. The molecular weight excluding hydrogens is 339 g/mol. The molecule has 0 amide bonds. The monoisotopic (exact) mass is 358 g/mol. The number of aromatic nitrogens is 2. The van der Waals surface area contributed by atoms with Gasteiger partial charge in [-0.2, -0.15) is 0 Å². The second kappa shape index (κ2) is 7.43. The molecule has 5 nitrogen and oxygen atoms in total. The Morgan fingerprint density at radius 1 is 1.16 bits per heavy atom. The minimum absolute atomic E-state index is 0.133. The number of hydrogen-bond donors (Lipinski definition) is 1. The Morgan fingerprint density at radius 3 is 2.76 bits per heavy atom. The van der Waals surface area contributed by atoms with Crippen LogP contribution >= 0.6 is 11.3 Å². The maximum Gasteiger partial charge on any atom is 0.138 e. The fourth-order valence-electron chi connectivity index (χ4n) is 3.16. The Bertz CT molecular complexity index is 832. The molecule has 1 aliphatic rings. The molecule has 0 bridgehead atoms. The lowest BCUT2D eigenvalue weighted by Gasteiger charge is -2.35. The molecule has 0 spiro atoms. The number of morpholine rings is 1. The highest BCUT2D eigenvalue weighted by molar-refractivity contribution is 7.16. The van der Waals surface area contributed by atoms with Gasteiger partial charge in [0.2, 0.25) is 0 Å². The number of rotatable bonds is 5. The Balaban J connectivity index is 1.57. The molecule has 1 fully saturated rings. The molecule has 0 aliphatic carbocycles. The second-order valence-corrected chi connectivity index (χ2v) is 6.85. The summed E-state index contributed by atoms with van der Waals surface area (Å²) in [4.78, 5) is 12.0. The van der Waals surface area contributed by atoms with Crippen LogP contribution in [-0.2, 0) is 4.74 Å². The number of ether oxygens (including phenoxy) is 1. The molecule has 1 saturated heterocycles. The van der Waals surface area contributed by atoms with E-state index in [-0.39, 0.29) is 11.9 Å². The number of anilines is 1. The van der Waals surface area contributed by atoms with Crippen molar-refractivity contribution < 1.29 is 9.13 Å². The van der Waals surface area contributed by atoms with E-state index in [0.29, 0.717) is 6.54 Å². The molecule has 25 heavy (non-hydrogen) atoms. The molecule has 3 aromatic rings. The molecule has 3 heterocycles. The number of fused-ring (bicyclic) bond motifs is 1. The largest absolute Gasteiger partial charge is 0.379 e. The van der Waals surface area contributed by atoms with Gasteiger partial charge in [0.05, 0.1) is 24.6 Å². The van der Waals surface area contributed by atoms with Gasteiger partial charge in [0.1, 0.15) is 22.8 Å². The number of hydrogen-bond acceptors (Lipinski definition) is 6. The van der Waals surface area contributed by atoms with Crippen molar-refractivity contribution in [3.8, 4) is 0 Å². The van der Waals surface area contributed by atoms with Crippen LogP contribution in [0.4, 0.5) is 10.2 Å². The summed E-state index contributed by atoms with van der Waals surface area (Å²) in [5, 5.41) is 6.52. The summed E-state index contributed by atoms with van der Waals surface area (Å²) < 4.78 is 18.8. The Kier molecular flexibility index (Phi) is 4.87. The van der Waals surface area contributed by atoms with Crippen molar-refractivity contribution in [1.82, 2.24) is 14.9 Å². The van der Waals surface area contributed by atoms with Crippen molar-refractivity contribution in [1.29, 1.82) is 0 Å². The molecule has 1 N–H and O–H groups in total. The average molecular weight is 358 g/mol. The van der Waals surface area contributed by atoms with Crippen LogP contribution in [0.1, 0.15) is 11.6 Å². The van der Waals surface area contributed by atoms with Crippen molar-refractivity contribution in [2.24, 2.45) is 0 Å². The van der Waals surface area contributed by atoms with E-state index in [2.05, 4.69) is 20.2 Å². The zero-order chi connectivity index (χ0) is 17.1. The van der Waals surface area contributed by atoms with Gasteiger partial charge in [-0.3, -0.25) is 4.90 Å². The number of halogens is 1. The molecule has 1 atom stereocenters. The van der Waals surface area contributed by atoms with E-state index in [4.69, 9.17) is 4.74 Å². The zero-order valence-corrected chi connectivity index (χ0v) is 14.5. The molecule has 1 aliphatic heterocycles. The lowest BCUT2D eigenvalue weighted by molar-refractivity contribution is 0.0187. The van der Waals surface area contributed by atoms with E-state index in [9.17, 15) is 4.39 Å². The fraction of sp³-hybridized carbons (Fsp3) is 0.333. The summed E-state index contributed by atoms with van der Waals surface area (Å²) in [6, 6.07) is 8.92. The van der Waals surface area contributed by atoms with Gasteiger partial charge in [0.15, 0.2) is 0 Å². The van der Waals surface area contributed by atoms with Crippen molar-refractivity contribution >= 4 is 27.4 Å². The third kappa shape index (κ3) is 3.63. The standard InChI is InChI=1S/C18H19FN4OS/c19-14-3-1-13(2-4-14)16(23-6-8-24-9-7-23)11-20-17-15-5-10-25-18(15)22-12-21-17/h1-5,10,12,16H,6-9,11H2,(H,20,21,22)/t16-/m0/s1. The normalized spacial score (nSPS) is 16.8. The number of nitrogens with one attached hydrogen (secondary N) is 1. The first-order valence-electron chi connectivity index (χ1n) is 8.30. The second-order valence-electron chi connectivity index (χ2n) is 5.96. The maximum atomic E-state index is 13.3. The summed E-state index contributed by atoms with van der Waals surface area (Å²) in [5.74, 6) is 0.625. The van der Waals surface area contributed by atoms with E-state index in [1.54, 1.807) is 17.7 Å². The molecule has 0 unspecified atom stereocenters. The van der Waals surface area contributed by atoms with Gasteiger partial charge in [-0.05, 0) is 29.1 Å². The minimum atomic E-state index is -0.215. The van der Waals surface area contributed by atoms with Gasteiger partial charge in [-0.25, -0.2) is 14.4 Å². The molecule has 1 aromatic carbocycles. The van der Waals surface area contributed by atoms with Crippen molar-refractivity contribution in [3.63, 3.8) is 0 Å². The molecule has 0 saturated carbocycles. The van der Waals surface area contributed by atoms with Crippen molar-refractivity contribution in [2.75, 3.05) is 38.2 Å². The fourth-order valence-corrected chi connectivity index (χ4v) is 3.89. The van der Waals surface area contributed by atoms with Gasteiger partial charge in [0, 0.05) is 19.6 Å². The first-order chi connectivity index (χ1) is 12.3. The smallest absolute Gasteiger partial charge is 0.138 e. The van der Waals surface area contributed by atoms with E-state index >= 15 is 0 Å². The number of benzene rings is 1. The van der Waals surface area contributed by atoms with Crippen molar-refractivity contribution in [3.05, 3.63) is 53.4 Å². The van der Waals surface area contributed by atoms with Gasteiger partial charge in [-0.15, -0.1) is 11.3 Å². The highest BCUT2D eigenvalue weighted by Crippen LogP contribution is 2.26. The minimum Gasteiger partial charge on any atom is -0.379 e. The lowest BCUT2D eigenvalue weighted by Crippen LogP contribution is -2.41. The van der Waals surface area contributed by atoms with Crippen LogP contribution in [0, 0.1) is 5.82 Å². The molecular formula is C18H19FN4OS. The van der Waals surface area contributed by atoms with Gasteiger partial charge in [-0.1, -0.05) is 12.1 Å². The quantitative estimate of drug-likeness (QED) is 0.758. The van der Waals surface area contributed by atoms with Crippen LogP contribution in [-0.4, -0.2) is 47.7 Å². The maximum absolute atomic E-state index is 13.3. The Morgan fingerprint density at radius 2 is 1.96 bits per heavy atom. The van der Waals surface area contributed by atoms with Gasteiger partial charge >= 0.3 is 0 Å². The molecule has 0 radical (unpaired) electrons. The molecule has 4 rings (SSSR count). The summed E-state index contributed by atoms with van der Waals surface area (Å²) >= 11 is 1.60. The molecule has 130 valence electrons. The number of nitrogens with zero attached hydrogens (tertiary/aromatic N) is 3. The summed E-state index contributed by atoms with van der Waals surface area (Å²) in [5.41, 5.74) is 1.09. The van der Waals surface area contributed by atoms with E-state index in [1.807, 2.05) is 23.6 Å². The molecule has 2 aromatic heterocycles. The molecule has 7 heteroatoms. The van der Waals surface area contributed by atoms with Crippen LogP contribution in [0.25, 0.3) is 10.2 Å². The zero-order valence-electron chi connectivity index (χ0n) is 13.7. The van der Waals surface area contributed by atoms with Crippen molar-refractivity contribution in [2.45, 2.75) is 6.04 Å². The van der Waals surface area contributed by atoms with E-state index in [0.717, 1.165) is 47.9 Å². The predicted molar refractivity (Wildman–Crippen MR) is 97.4 cm³/mol. The van der Waals surface area contributed by atoms with Gasteiger partial charge < -0.3 is 10.1 Å². The average Bonchev–Trinajstić information content (AvgIpc) is 3.14. The Labute approximate surface area is 149 Å². The van der Waals surface area contributed by atoms with Crippen LogP contribution in [0.5, 0.6) is 0 Å². The Hall–Kier alpha value is -2.09. The SMILES string of the molecule is Fc1ccc([C@H](CNc2ncnc3sccc23)N2CCOCC2)cc1. The predicted octanol–water partition coefficient (Wildman–Crippen LogP) is 3.32. The third-order valence-corrected chi connectivity index (χ3v) is 5.29. The van der Waals surface area contributed by atoms with Gasteiger partial charge in [0.25, 0.3) is 0 Å². The summed E-state index contributed by atoms with van der Waals surface area (Å²) in [6.45, 7) is 3.86. The summed E-state index contributed by atoms with van der Waals surface area (Å²) in [6.07, 6.45) is 1.59. The van der Waals surface area contributed by atoms with Crippen LogP contribution in [0.15, 0.2) is 42.0 Å². The lowest BCUT2D eigenvalue weighted by atomic mass is 10.0. The van der Waals surface area contributed by atoms with E-state index < -0.39 is 0 Å². The first-order valence-corrected chi connectivity index (χ1v) is 9.18. The van der Waals surface area contributed by atoms with E-state index in [1.165, 1.54) is 12.1 Å². The topological polar surface area (TPSA) is 50.3 Å². The van der Waals surface area contributed by atoms with Crippen LogP contribution in [0.3, 0.4) is 0 Å². The summed E-state index contributed by atoms with van der Waals surface area (Å²) in [7, 11) is 0. The van der Waals surface area contributed by atoms with Crippen LogP contribution < -0.4 is 5.32 Å².